The first-order valence-electron chi connectivity index (χ1n) is 9.52. The third-order valence-corrected chi connectivity index (χ3v) is 5.75. The number of carbonyl (C=O) groups is 1. The first kappa shape index (κ1) is 17.1. The molecule has 0 unspecified atom stereocenters. The van der Waals surface area contributed by atoms with Gasteiger partial charge in [-0.2, -0.15) is 0 Å². The topological polar surface area (TPSA) is 41.4 Å². The largest absolute Gasteiger partial charge is 0.337 e. The lowest BCUT2D eigenvalue weighted by Gasteiger charge is -2.38. The maximum Gasteiger partial charge on any atom is 0.271 e. The van der Waals surface area contributed by atoms with Gasteiger partial charge in [0.1, 0.15) is 11.5 Å². The molecule has 4 heterocycles. The molecule has 2 aliphatic rings. The van der Waals surface area contributed by atoms with Crippen LogP contribution in [0, 0.1) is 5.82 Å². The summed E-state index contributed by atoms with van der Waals surface area (Å²) in [5.74, 6) is -0.220. The molecule has 0 radical (unpaired) electrons. The van der Waals surface area contributed by atoms with E-state index in [9.17, 15) is 9.18 Å². The van der Waals surface area contributed by atoms with Gasteiger partial charge in [0, 0.05) is 44.8 Å². The average molecular weight is 376 g/mol. The molecule has 3 aromatic rings. The predicted octanol–water partition coefficient (Wildman–Crippen LogP) is 3.10. The Morgan fingerprint density at radius 1 is 0.964 bits per heavy atom. The number of hydrogen-bond acceptors (Lipinski definition) is 3. The van der Waals surface area contributed by atoms with Gasteiger partial charge in [-0.25, -0.2) is 4.39 Å². The normalized spacial score (nSPS) is 21.6. The first-order valence-corrected chi connectivity index (χ1v) is 9.52. The molecule has 0 aliphatic carbocycles. The molecule has 2 aromatic heterocycles. The third-order valence-electron chi connectivity index (χ3n) is 5.75. The number of hydrogen-bond donors (Lipinski definition) is 0. The molecule has 6 heteroatoms. The number of aromatic nitrogens is 2. The number of likely N-dealkylation sites (tertiary alicyclic amines) is 1. The third kappa shape index (κ3) is 2.99. The fraction of sp³-hybridized carbons (Fsp3) is 0.273. The Morgan fingerprint density at radius 2 is 1.79 bits per heavy atom. The molecule has 5 rings (SSSR count). The van der Waals surface area contributed by atoms with E-state index in [0.717, 1.165) is 30.9 Å². The van der Waals surface area contributed by atoms with Crippen molar-refractivity contribution in [1.82, 2.24) is 19.4 Å². The minimum Gasteiger partial charge on any atom is -0.337 e. The second kappa shape index (κ2) is 6.87. The molecule has 1 fully saturated rings. The molecule has 142 valence electrons. The number of rotatable bonds is 4. The van der Waals surface area contributed by atoms with E-state index < -0.39 is 0 Å². The van der Waals surface area contributed by atoms with Crippen LogP contribution in [0.25, 0.3) is 0 Å². The molecule has 1 saturated heterocycles. The zero-order valence-electron chi connectivity index (χ0n) is 15.4. The van der Waals surface area contributed by atoms with Crippen molar-refractivity contribution in [3.63, 3.8) is 0 Å². The maximum atomic E-state index is 13.3. The summed E-state index contributed by atoms with van der Waals surface area (Å²) in [6.45, 7) is 3.00. The molecule has 1 amide bonds. The van der Waals surface area contributed by atoms with Crippen LogP contribution in [0.1, 0.15) is 27.7 Å². The van der Waals surface area contributed by atoms with Crippen LogP contribution in [0.15, 0.2) is 67.1 Å². The van der Waals surface area contributed by atoms with Gasteiger partial charge in [0.15, 0.2) is 0 Å². The molecule has 0 N–H and O–H groups in total. The average Bonchev–Trinajstić information content (AvgIpc) is 3.34. The summed E-state index contributed by atoms with van der Waals surface area (Å²) in [5.41, 5.74) is 2.84. The van der Waals surface area contributed by atoms with Crippen molar-refractivity contribution in [3.05, 3.63) is 89.8 Å². The molecule has 2 aliphatic heterocycles. The highest BCUT2D eigenvalue weighted by atomic mass is 19.1. The second-order valence-corrected chi connectivity index (χ2v) is 7.55. The number of halogens is 1. The summed E-state index contributed by atoms with van der Waals surface area (Å²) < 4.78 is 15.4. The minimum absolute atomic E-state index is 0.0406. The minimum atomic E-state index is -0.260. The highest BCUT2D eigenvalue weighted by molar-refractivity contribution is 5.94. The zero-order valence-corrected chi connectivity index (χ0v) is 15.4. The lowest BCUT2D eigenvalue weighted by atomic mass is 10.0. The van der Waals surface area contributed by atoms with Crippen LogP contribution in [0.4, 0.5) is 4.39 Å². The van der Waals surface area contributed by atoms with Gasteiger partial charge in [-0.3, -0.25) is 14.7 Å². The monoisotopic (exact) mass is 376 g/mol. The van der Waals surface area contributed by atoms with E-state index in [1.165, 1.54) is 17.7 Å². The summed E-state index contributed by atoms with van der Waals surface area (Å²) in [4.78, 5) is 21.7. The number of benzene rings is 1. The number of pyridine rings is 1. The maximum absolute atomic E-state index is 13.3. The van der Waals surface area contributed by atoms with Gasteiger partial charge in [-0.05, 0) is 41.5 Å². The van der Waals surface area contributed by atoms with Gasteiger partial charge >= 0.3 is 0 Å². The van der Waals surface area contributed by atoms with Gasteiger partial charge in [-0.1, -0.05) is 18.2 Å². The van der Waals surface area contributed by atoms with Crippen LogP contribution >= 0.6 is 0 Å². The molecule has 5 nitrogen and oxygen atoms in total. The summed E-state index contributed by atoms with van der Waals surface area (Å²) in [5, 5.41) is 0. The van der Waals surface area contributed by atoms with E-state index in [2.05, 4.69) is 20.5 Å². The summed E-state index contributed by atoms with van der Waals surface area (Å²) in [6, 6.07) is 14.6. The summed E-state index contributed by atoms with van der Waals surface area (Å²) in [7, 11) is 0. The fourth-order valence-electron chi connectivity index (χ4n) is 4.44. The Labute approximate surface area is 163 Å². The van der Waals surface area contributed by atoms with Crippen LogP contribution in [0.2, 0.25) is 0 Å². The van der Waals surface area contributed by atoms with Gasteiger partial charge in [-0.15, -0.1) is 0 Å². The smallest absolute Gasteiger partial charge is 0.271 e. The van der Waals surface area contributed by atoms with Gasteiger partial charge in [0.05, 0.1) is 12.1 Å². The Morgan fingerprint density at radius 3 is 2.57 bits per heavy atom. The molecule has 2 atom stereocenters. The van der Waals surface area contributed by atoms with Crippen molar-refractivity contribution in [1.29, 1.82) is 0 Å². The number of nitrogens with zero attached hydrogens (tertiary/aromatic N) is 4. The highest BCUT2D eigenvalue weighted by Gasteiger charge is 2.44. The number of amides is 1. The van der Waals surface area contributed by atoms with E-state index in [1.807, 2.05) is 35.5 Å². The van der Waals surface area contributed by atoms with Crippen molar-refractivity contribution in [3.8, 4) is 0 Å². The standard InChI is InChI=1S/C22H21FN4O/c23-18-7-5-16(6-8-18)13-27-21-15-25(12-17-3-1-9-24-11-17)14-20(21)26-10-2-4-19(26)22(27)28/h1-11,20-21H,12-15H2/t20-,21-/m1/s1. The van der Waals surface area contributed by atoms with Crippen LogP contribution in [-0.4, -0.2) is 44.4 Å². The van der Waals surface area contributed by atoms with E-state index in [4.69, 9.17) is 0 Å². The van der Waals surface area contributed by atoms with Crippen molar-refractivity contribution in [2.75, 3.05) is 13.1 Å². The lowest BCUT2D eigenvalue weighted by Crippen LogP contribution is -2.49. The quantitative estimate of drug-likeness (QED) is 0.703. The Bertz CT molecular complexity index is 985. The fourth-order valence-corrected chi connectivity index (χ4v) is 4.44. The van der Waals surface area contributed by atoms with Gasteiger partial charge in [0.2, 0.25) is 0 Å². The highest BCUT2D eigenvalue weighted by Crippen LogP contribution is 2.35. The number of carbonyl (C=O) groups excluding carboxylic acids is 1. The van der Waals surface area contributed by atoms with Crippen molar-refractivity contribution in [2.24, 2.45) is 0 Å². The second-order valence-electron chi connectivity index (χ2n) is 7.55. The van der Waals surface area contributed by atoms with Gasteiger partial charge in [0.25, 0.3) is 5.91 Å². The lowest BCUT2D eigenvalue weighted by molar-refractivity contribution is 0.0556. The van der Waals surface area contributed by atoms with Crippen LogP contribution in [0.5, 0.6) is 0 Å². The molecule has 0 spiro atoms. The molecule has 28 heavy (non-hydrogen) atoms. The molecular weight excluding hydrogens is 355 g/mol. The van der Waals surface area contributed by atoms with Crippen molar-refractivity contribution >= 4 is 5.91 Å². The number of fused-ring (bicyclic) bond motifs is 3. The van der Waals surface area contributed by atoms with E-state index in [-0.39, 0.29) is 23.8 Å². The Hall–Kier alpha value is -2.99. The van der Waals surface area contributed by atoms with Crippen molar-refractivity contribution < 1.29 is 9.18 Å². The summed E-state index contributed by atoms with van der Waals surface area (Å²) in [6.07, 6.45) is 5.68. The zero-order chi connectivity index (χ0) is 19.1. The molecule has 0 bridgehead atoms. The predicted molar refractivity (Wildman–Crippen MR) is 103 cm³/mol. The van der Waals surface area contributed by atoms with E-state index in [0.29, 0.717) is 6.54 Å². The Balaban J connectivity index is 1.43. The molecular formula is C22H21FN4O. The van der Waals surface area contributed by atoms with Crippen LogP contribution in [-0.2, 0) is 13.1 Å². The SMILES string of the molecule is O=C1c2cccn2[C@@H]2CN(Cc3cccnc3)C[C@H]2N1Cc1ccc(F)cc1. The van der Waals surface area contributed by atoms with Gasteiger partial charge < -0.3 is 9.47 Å². The summed E-state index contributed by atoms with van der Waals surface area (Å²) >= 11 is 0. The van der Waals surface area contributed by atoms with Crippen molar-refractivity contribution in [2.45, 2.75) is 25.2 Å². The first-order chi connectivity index (χ1) is 13.7. The van der Waals surface area contributed by atoms with E-state index >= 15 is 0 Å². The molecule has 1 aromatic carbocycles. The Kier molecular flexibility index (Phi) is 4.20. The van der Waals surface area contributed by atoms with Crippen LogP contribution < -0.4 is 0 Å². The molecule has 0 saturated carbocycles. The van der Waals surface area contributed by atoms with Crippen LogP contribution in [0.3, 0.4) is 0 Å². The van der Waals surface area contributed by atoms with E-state index in [1.54, 1.807) is 18.3 Å².